The van der Waals surface area contributed by atoms with Gasteiger partial charge in [-0.15, -0.1) is 0 Å². The summed E-state index contributed by atoms with van der Waals surface area (Å²) in [5.74, 6) is 0.0799. The minimum absolute atomic E-state index is 0.00685. The van der Waals surface area contributed by atoms with E-state index >= 15 is 0 Å². The summed E-state index contributed by atoms with van der Waals surface area (Å²) in [6.07, 6.45) is 1.40. The fourth-order valence-electron chi connectivity index (χ4n) is 2.97. The number of carbonyl (C=O) groups is 2. The highest BCUT2D eigenvalue weighted by molar-refractivity contribution is 5.89. The number of rotatable bonds is 8. The molecule has 4 aromatic rings. The number of benzene rings is 2. The molecule has 0 bridgehead atoms. The topological polar surface area (TPSA) is 155 Å². The predicted octanol–water partition coefficient (Wildman–Crippen LogP) is 3.30. The molecule has 0 spiro atoms. The zero-order chi connectivity index (χ0) is 23.9. The molecule has 2 aromatic heterocycles. The van der Waals surface area contributed by atoms with E-state index in [2.05, 4.69) is 20.3 Å². The number of aromatic nitrogens is 3. The van der Waals surface area contributed by atoms with Crippen LogP contribution in [0.25, 0.3) is 11.3 Å². The smallest absolute Gasteiger partial charge is 0.357 e. The summed E-state index contributed by atoms with van der Waals surface area (Å²) >= 11 is 0. The second-order valence-electron chi connectivity index (χ2n) is 7.03. The second-order valence-corrected chi connectivity index (χ2v) is 7.03. The number of amides is 1. The molecule has 0 aliphatic carbocycles. The summed E-state index contributed by atoms with van der Waals surface area (Å²) in [5.41, 5.74) is 13.2. The Hall–Kier alpha value is -4.99. The Kier molecular flexibility index (Phi) is 6.59. The first-order valence-electron chi connectivity index (χ1n) is 10.1. The van der Waals surface area contributed by atoms with Crippen molar-refractivity contribution in [3.05, 3.63) is 84.7 Å². The van der Waals surface area contributed by atoms with Crippen LogP contribution in [-0.4, -0.2) is 33.4 Å². The number of primary amides is 1. The number of hydrogen-bond acceptors (Lipinski definition) is 9. The number of nitrogens with two attached hydrogens (primary N) is 2. The van der Waals surface area contributed by atoms with Gasteiger partial charge in [0, 0.05) is 29.6 Å². The molecule has 0 fully saturated rings. The molecule has 0 radical (unpaired) electrons. The predicted molar refractivity (Wildman–Crippen MR) is 125 cm³/mol. The Balaban J connectivity index is 1.43. The van der Waals surface area contributed by atoms with Gasteiger partial charge in [0.2, 0.25) is 5.95 Å². The number of hydrogen-bond donors (Lipinski definition) is 3. The Morgan fingerprint density at radius 1 is 0.912 bits per heavy atom. The van der Waals surface area contributed by atoms with Gasteiger partial charge < -0.3 is 26.3 Å². The molecule has 0 unspecified atom stereocenters. The molecule has 2 heterocycles. The van der Waals surface area contributed by atoms with Gasteiger partial charge >= 0.3 is 5.97 Å². The molecule has 0 saturated heterocycles. The molecule has 2 aromatic carbocycles. The van der Waals surface area contributed by atoms with Crippen LogP contribution in [0.2, 0.25) is 0 Å². The van der Waals surface area contributed by atoms with Crippen LogP contribution in [-0.2, 0) is 9.53 Å². The maximum atomic E-state index is 11.9. The average Bonchev–Trinajstić information content (AvgIpc) is 2.84. The van der Waals surface area contributed by atoms with Crippen LogP contribution in [0.5, 0.6) is 11.5 Å². The third-order valence-electron chi connectivity index (χ3n) is 4.46. The van der Waals surface area contributed by atoms with Crippen LogP contribution in [0.3, 0.4) is 0 Å². The van der Waals surface area contributed by atoms with E-state index in [-0.39, 0.29) is 11.6 Å². The monoisotopic (exact) mass is 456 g/mol. The molecule has 0 saturated carbocycles. The molecular weight excluding hydrogens is 436 g/mol. The first-order valence-corrected chi connectivity index (χ1v) is 10.1. The lowest BCUT2D eigenvalue weighted by Crippen LogP contribution is -2.21. The normalized spacial score (nSPS) is 10.4. The van der Waals surface area contributed by atoms with Crippen LogP contribution in [0.4, 0.5) is 17.5 Å². The van der Waals surface area contributed by atoms with Crippen molar-refractivity contribution in [1.29, 1.82) is 0 Å². The first kappa shape index (κ1) is 22.2. The SMILES string of the molecule is NC(=O)COC(=O)c1cc(Oc2ccc(Nc3cc(-c4ccccc4)nc(N)n3)cc2)ccn1. The van der Waals surface area contributed by atoms with E-state index in [0.29, 0.717) is 23.0 Å². The Morgan fingerprint density at radius 2 is 1.68 bits per heavy atom. The van der Waals surface area contributed by atoms with Gasteiger partial charge in [-0.1, -0.05) is 30.3 Å². The van der Waals surface area contributed by atoms with Crippen molar-refractivity contribution in [3.63, 3.8) is 0 Å². The molecule has 0 aliphatic heterocycles. The molecule has 0 atom stereocenters. The van der Waals surface area contributed by atoms with E-state index in [1.807, 2.05) is 36.4 Å². The molecular formula is C24H20N6O4. The lowest BCUT2D eigenvalue weighted by atomic mass is 10.1. The van der Waals surface area contributed by atoms with Gasteiger partial charge in [-0.3, -0.25) is 4.79 Å². The Bertz CT molecular complexity index is 1310. The van der Waals surface area contributed by atoms with Gasteiger partial charge in [0.05, 0.1) is 5.69 Å². The first-order chi connectivity index (χ1) is 16.5. The number of nitrogens with zero attached hydrogens (tertiary/aromatic N) is 3. The van der Waals surface area contributed by atoms with Gasteiger partial charge in [0.15, 0.2) is 12.3 Å². The molecule has 1 amide bonds. The maximum Gasteiger partial charge on any atom is 0.357 e. The lowest BCUT2D eigenvalue weighted by molar-refractivity contribution is -0.121. The summed E-state index contributed by atoms with van der Waals surface area (Å²) < 4.78 is 10.5. The van der Waals surface area contributed by atoms with E-state index in [1.165, 1.54) is 12.3 Å². The molecule has 10 nitrogen and oxygen atoms in total. The Labute approximate surface area is 194 Å². The summed E-state index contributed by atoms with van der Waals surface area (Å²) in [6.45, 7) is -0.523. The number of esters is 1. The van der Waals surface area contributed by atoms with Crippen molar-refractivity contribution < 1.29 is 19.1 Å². The van der Waals surface area contributed by atoms with Crippen LogP contribution >= 0.6 is 0 Å². The number of carbonyl (C=O) groups excluding carboxylic acids is 2. The zero-order valence-corrected chi connectivity index (χ0v) is 17.8. The number of nitrogen functional groups attached to an aromatic ring is 1. The highest BCUT2D eigenvalue weighted by Gasteiger charge is 2.12. The highest BCUT2D eigenvalue weighted by Crippen LogP contribution is 2.26. The lowest BCUT2D eigenvalue weighted by Gasteiger charge is -2.10. The van der Waals surface area contributed by atoms with E-state index in [0.717, 1.165) is 11.3 Å². The van der Waals surface area contributed by atoms with Crippen molar-refractivity contribution in [2.75, 3.05) is 17.7 Å². The van der Waals surface area contributed by atoms with E-state index in [1.54, 1.807) is 30.3 Å². The second kappa shape index (κ2) is 10.1. The number of ether oxygens (including phenoxy) is 2. The van der Waals surface area contributed by atoms with Crippen LogP contribution < -0.4 is 21.5 Å². The standard InChI is InChI=1S/C24H20N6O4/c25-21(31)14-33-23(32)20-12-18(10-11-27-20)34-17-8-6-16(7-9-17)28-22-13-19(29-24(26)30-22)15-4-2-1-3-5-15/h1-13H,14H2,(H2,25,31)(H3,26,28,29,30). The fraction of sp³-hybridized carbons (Fsp3) is 0.0417. The van der Waals surface area contributed by atoms with Crippen molar-refractivity contribution >= 4 is 29.3 Å². The summed E-state index contributed by atoms with van der Waals surface area (Å²) in [4.78, 5) is 35.2. The minimum Gasteiger partial charge on any atom is -0.457 e. The third kappa shape index (κ3) is 5.82. The van der Waals surface area contributed by atoms with Crippen LogP contribution in [0, 0.1) is 0 Å². The minimum atomic E-state index is -0.775. The summed E-state index contributed by atoms with van der Waals surface area (Å²) in [7, 11) is 0. The molecule has 0 aliphatic rings. The number of anilines is 3. The zero-order valence-electron chi connectivity index (χ0n) is 17.8. The van der Waals surface area contributed by atoms with Crippen molar-refractivity contribution in [2.24, 2.45) is 5.73 Å². The van der Waals surface area contributed by atoms with Crippen molar-refractivity contribution in [2.45, 2.75) is 0 Å². The van der Waals surface area contributed by atoms with Gasteiger partial charge in [-0.05, 0) is 30.3 Å². The van der Waals surface area contributed by atoms with E-state index in [4.69, 9.17) is 20.9 Å². The molecule has 170 valence electrons. The van der Waals surface area contributed by atoms with Gasteiger partial charge in [0.25, 0.3) is 5.91 Å². The molecule has 34 heavy (non-hydrogen) atoms. The average molecular weight is 456 g/mol. The largest absolute Gasteiger partial charge is 0.457 e. The maximum absolute atomic E-state index is 11.9. The summed E-state index contributed by atoms with van der Waals surface area (Å²) in [5, 5.41) is 3.20. The van der Waals surface area contributed by atoms with E-state index < -0.39 is 18.5 Å². The number of pyridine rings is 1. The van der Waals surface area contributed by atoms with Gasteiger partial charge in [0.1, 0.15) is 17.3 Å². The highest BCUT2D eigenvalue weighted by atomic mass is 16.5. The number of nitrogens with one attached hydrogen (secondary N) is 1. The van der Waals surface area contributed by atoms with Gasteiger partial charge in [-0.2, -0.15) is 4.98 Å². The molecule has 4 rings (SSSR count). The van der Waals surface area contributed by atoms with Crippen molar-refractivity contribution in [1.82, 2.24) is 15.0 Å². The van der Waals surface area contributed by atoms with Crippen LogP contribution in [0.15, 0.2) is 79.0 Å². The quantitative estimate of drug-likeness (QED) is 0.339. The van der Waals surface area contributed by atoms with E-state index in [9.17, 15) is 9.59 Å². The summed E-state index contributed by atoms with van der Waals surface area (Å²) in [6, 6.07) is 21.6. The van der Waals surface area contributed by atoms with Gasteiger partial charge in [-0.25, -0.2) is 14.8 Å². The fourth-order valence-corrected chi connectivity index (χ4v) is 2.97. The van der Waals surface area contributed by atoms with Crippen molar-refractivity contribution in [3.8, 4) is 22.8 Å². The Morgan fingerprint density at radius 3 is 2.41 bits per heavy atom. The molecule has 10 heteroatoms. The van der Waals surface area contributed by atoms with Crippen LogP contribution in [0.1, 0.15) is 10.5 Å². The third-order valence-corrected chi connectivity index (χ3v) is 4.46. The molecule has 5 N–H and O–H groups in total.